The van der Waals surface area contributed by atoms with Crippen LogP contribution in [0.1, 0.15) is 11.5 Å². The van der Waals surface area contributed by atoms with Crippen LogP contribution in [0, 0.1) is 6.92 Å². The first kappa shape index (κ1) is 11.5. The topological polar surface area (TPSA) is 85.7 Å². The van der Waals surface area contributed by atoms with Crippen molar-refractivity contribution in [3.63, 3.8) is 0 Å². The molecule has 1 aromatic rings. The van der Waals surface area contributed by atoms with Crippen molar-refractivity contribution < 1.29 is 9.26 Å². The molecule has 1 rings (SSSR count). The fourth-order valence-electron chi connectivity index (χ4n) is 0.991. The highest BCUT2D eigenvalue weighted by Gasteiger charge is 1.99. The third kappa shape index (κ3) is 4.46. The summed E-state index contributed by atoms with van der Waals surface area (Å²) in [5.41, 5.74) is 6.43. The van der Waals surface area contributed by atoms with E-state index in [-0.39, 0.29) is 0 Å². The van der Waals surface area contributed by atoms with Gasteiger partial charge in [-0.05, 0) is 6.92 Å². The number of nitrogens with two attached hydrogens (primary N) is 1. The van der Waals surface area contributed by atoms with Crippen molar-refractivity contribution in [3.8, 4) is 0 Å². The molecule has 0 bridgehead atoms. The summed E-state index contributed by atoms with van der Waals surface area (Å²) in [4.78, 5) is 4.07. The van der Waals surface area contributed by atoms with Crippen LogP contribution in [-0.4, -0.2) is 31.4 Å². The lowest BCUT2D eigenvalue weighted by Crippen LogP contribution is -2.34. The van der Waals surface area contributed by atoms with Gasteiger partial charge in [-0.3, -0.25) is 0 Å². The van der Waals surface area contributed by atoms with Crippen molar-refractivity contribution in [2.24, 2.45) is 10.7 Å². The summed E-state index contributed by atoms with van der Waals surface area (Å²) in [6.07, 6.45) is 0. The van der Waals surface area contributed by atoms with Gasteiger partial charge in [-0.1, -0.05) is 5.16 Å². The van der Waals surface area contributed by atoms with E-state index in [1.54, 1.807) is 7.11 Å². The maximum atomic E-state index is 5.59. The third-order valence-electron chi connectivity index (χ3n) is 1.69. The highest BCUT2D eigenvalue weighted by atomic mass is 16.5. The number of aliphatic imine (C=N–C) groups is 1. The van der Waals surface area contributed by atoms with Crippen LogP contribution < -0.4 is 11.1 Å². The number of hydrogen-bond donors (Lipinski definition) is 2. The summed E-state index contributed by atoms with van der Waals surface area (Å²) < 4.78 is 9.83. The molecule has 0 aliphatic carbocycles. The van der Waals surface area contributed by atoms with Gasteiger partial charge in [0.05, 0.1) is 12.3 Å². The molecule has 6 heteroatoms. The van der Waals surface area contributed by atoms with Gasteiger partial charge < -0.3 is 20.3 Å². The maximum Gasteiger partial charge on any atom is 0.189 e. The molecule has 84 valence electrons. The third-order valence-corrected chi connectivity index (χ3v) is 1.69. The average molecular weight is 212 g/mol. The Bertz CT molecular complexity index is 322. The van der Waals surface area contributed by atoms with E-state index in [0.29, 0.717) is 31.4 Å². The van der Waals surface area contributed by atoms with Crippen LogP contribution in [0.3, 0.4) is 0 Å². The lowest BCUT2D eigenvalue weighted by molar-refractivity contribution is 0.204. The van der Waals surface area contributed by atoms with Gasteiger partial charge in [-0.25, -0.2) is 4.99 Å². The molecule has 0 unspecified atom stereocenters. The minimum absolute atomic E-state index is 0.376. The van der Waals surface area contributed by atoms with Crippen LogP contribution in [0.5, 0.6) is 0 Å². The van der Waals surface area contributed by atoms with Gasteiger partial charge >= 0.3 is 0 Å². The van der Waals surface area contributed by atoms with Crippen molar-refractivity contribution in [2.45, 2.75) is 13.5 Å². The molecule has 15 heavy (non-hydrogen) atoms. The zero-order chi connectivity index (χ0) is 11.1. The molecular weight excluding hydrogens is 196 g/mol. The second-order valence-electron chi connectivity index (χ2n) is 3.06. The zero-order valence-corrected chi connectivity index (χ0v) is 8.99. The molecule has 1 aromatic heterocycles. The number of guanidine groups is 1. The second-order valence-corrected chi connectivity index (χ2v) is 3.06. The van der Waals surface area contributed by atoms with Gasteiger partial charge in [-0.2, -0.15) is 0 Å². The van der Waals surface area contributed by atoms with Crippen molar-refractivity contribution in [3.05, 3.63) is 17.5 Å². The Kier molecular flexibility index (Phi) is 4.62. The summed E-state index contributed by atoms with van der Waals surface area (Å²) in [6, 6.07) is 1.83. The standard InChI is InChI=1S/C9H16N4O2/c1-7-5-8(15-13-7)6-12-9(10)11-3-4-14-2/h5H,3-4,6H2,1-2H3,(H3,10,11,12). The molecule has 0 fully saturated rings. The zero-order valence-electron chi connectivity index (χ0n) is 8.99. The van der Waals surface area contributed by atoms with E-state index in [2.05, 4.69) is 15.5 Å². The fourth-order valence-corrected chi connectivity index (χ4v) is 0.991. The molecule has 3 N–H and O–H groups in total. The first-order chi connectivity index (χ1) is 7.22. The van der Waals surface area contributed by atoms with Gasteiger partial charge in [0.25, 0.3) is 0 Å². The summed E-state index contributed by atoms with van der Waals surface area (Å²) in [5.74, 6) is 1.07. The highest BCUT2D eigenvalue weighted by Crippen LogP contribution is 2.02. The molecule has 0 atom stereocenters. The van der Waals surface area contributed by atoms with E-state index in [0.717, 1.165) is 5.69 Å². The summed E-state index contributed by atoms with van der Waals surface area (Å²) in [7, 11) is 1.63. The molecule has 0 amide bonds. The minimum Gasteiger partial charge on any atom is -0.383 e. The Morgan fingerprint density at radius 1 is 1.73 bits per heavy atom. The Morgan fingerprint density at radius 3 is 3.13 bits per heavy atom. The molecular formula is C9H16N4O2. The Balaban J connectivity index is 2.30. The Labute approximate surface area is 88.5 Å². The van der Waals surface area contributed by atoms with E-state index < -0.39 is 0 Å². The maximum absolute atomic E-state index is 5.59. The molecule has 0 saturated carbocycles. The van der Waals surface area contributed by atoms with E-state index in [1.807, 2.05) is 13.0 Å². The van der Waals surface area contributed by atoms with Gasteiger partial charge in [0, 0.05) is 19.7 Å². The van der Waals surface area contributed by atoms with Gasteiger partial charge in [0.1, 0.15) is 6.54 Å². The van der Waals surface area contributed by atoms with Crippen molar-refractivity contribution in [1.82, 2.24) is 10.5 Å². The minimum atomic E-state index is 0.376. The number of nitrogens with zero attached hydrogens (tertiary/aromatic N) is 2. The number of nitrogens with one attached hydrogen (secondary N) is 1. The molecule has 0 aromatic carbocycles. The van der Waals surface area contributed by atoms with Crippen LogP contribution in [0.25, 0.3) is 0 Å². The van der Waals surface area contributed by atoms with E-state index in [1.165, 1.54) is 0 Å². The van der Waals surface area contributed by atoms with Crippen LogP contribution in [-0.2, 0) is 11.3 Å². The highest BCUT2D eigenvalue weighted by molar-refractivity contribution is 5.77. The lowest BCUT2D eigenvalue weighted by Gasteiger charge is -2.03. The fraction of sp³-hybridized carbons (Fsp3) is 0.556. The molecule has 6 nitrogen and oxygen atoms in total. The molecule has 0 saturated heterocycles. The Morgan fingerprint density at radius 2 is 2.53 bits per heavy atom. The Hall–Kier alpha value is -1.56. The predicted molar refractivity (Wildman–Crippen MR) is 56.4 cm³/mol. The van der Waals surface area contributed by atoms with Crippen LogP contribution >= 0.6 is 0 Å². The number of aromatic nitrogens is 1. The number of rotatable bonds is 5. The average Bonchev–Trinajstić information content (AvgIpc) is 2.62. The molecule has 0 aliphatic rings. The number of methoxy groups -OCH3 is 1. The van der Waals surface area contributed by atoms with E-state index in [4.69, 9.17) is 15.0 Å². The lowest BCUT2D eigenvalue weighted by atomic mass is 10.4. The van der Waals surface area contributed by atoms with Crippen molar-refractivity contribution >= 4 is 5.96 Å². The predicted octanol–water partition coefficient (Wildman–Crippen LogP) is 0.0337. The van der Waals surface area contributed by atoms with Gasteiger partial charge in [0.15, 0.2) is 11.7 Å². The van der Waals surface area contributed by atoms with Crippen molar-refractivity contribution in [2.75, 3.05) is 20.3 Å². The summed E-state index contributed by atoms with van der Waals surface area (Å²) >= 11 is 0. The smallest absolute Gasteiger partial charge is 0.189 e. The summed E-state index contributed by atoms with van der Waals surface area (Å²) in [5, 5.41) is 6.65. The van der Waals surface area contributed by atoms with Gasteiger partial charge in [-0.15, -0.1) is 0 Å². The van der Waals surface area contributed by atoms with Crippen LogP contribution in [0.15, 0.2) is 15.6 Å². The molecule has 0 spiro atoms. The van der Waals surface area contributed by atoms with Crippen LogP contribution in [0.2, 0.25) is 0 Å². The number of aryl methyl sites for hydroxylation is 1. The van der Waals surface area contributed by atoms with Crippen molar-refractivity contribution in [1.29, 1.82) is 0 Å². The number of ether oxygens (including phenoxy) is 1. The van der Waals surface area contributed by atoms with Crippen LogP contribution in [0.4, 0.5) is 0 Å². The first-order valence-electron chi connectivity index (χ1n) is 4.67. The molecule has 1 heterocycles. The molecule has 0 radical (unpaired) electrons. The van der Waals surface area contributed by atoms with Gasteiger partial charge in [0.2, 0.25) is 0 Å². The quantitative estimate of drug-likeness (QED) is 0.408. The monoisotopic (exact) mass is 212 g/mol. The largest absolute Gasteiger partial charge is 0.383 e. The first-order valence-corrected chi connectivity index (χ1v) is 4.67. The molecule has 0 aliphatic heterocycles. The summed E-state index contributed by atoms with van der Waals surface area (Å²) in [6.45, 7) is 3.49. The second kappa shape index (κ2) is 6.02. The normalized spacial score (nSPS) is 11.7. The number of hydrogen-bond acceptors (Lipinski definition) is 4. The van der Waals surface area contributed by atoms with E-state index in [9.17, 15) is 0 Å². The SMILES string of the molecule is COCCNC(N)=NCc1cc(C)no1. The van der Waals surface area contributed by atoms with E-state index >= 15 is 0 Å².